The number of furan rings is 1. The second-order valence-corrected chi connectivity index (χ2v) is 8.22. The van der Waals surface area contributed by atoms with Crippen molar-refractivity contribution in [2.45, 2.75) is 40.5 Å². The molecule has 0 atom stereocenters. The molecule has 5 nitrogen and oxygen atoms in total. The molecule has 0 radical (unpaired) electrons. The minimum atomic E-state index is -0.467. The summed E-state index contributed by atoms with van der Waals surface area (Å²) >= 11 is 1.64. The number of hydrogen-bond acceptors (Lipinski definition) is 5. The molecule has 0 fully saturated rings. The lowest BCUT2D eigenvalue weighted by Gasteiger charge is -2.10. The molecule has 0 bridgehead atoms. The molecular formula is C23H23NO4S. The normalized spacial score (nSPS) is 11.4. The highest BCUT2D eigenvalue weighted by atomic mass is 32.1. The first-order valence-corrected chi connectivity index (χ1v) is 10.5. The molecule has 0 saturated heterocycles. The lowest BCUT2D eigenvalue weighted by Crippen LogP contribution is -2.29. The maximum atomic E-state index is 12.6. The number of benzene rings is 1. The van der Waals surface area contributed by atoms with Crippen LogP contribution in [0.15, 0.2) is 36.5 Å². The zero-order chi connectivity index (χ0) is 20.7. The van der Waals surface area contributed by atoms with Crippen molar-refractivity contribution in [2.75, 3.05) is 6.54 Å². The Hall–Kier alpha value is -2.86. The predicted octanol–water partition coefficient (Wildman–Crippen LogP) is 4.74. The summed E-state index contributed by atoms with van der Waals surface area (Å²) in [4.78, 5) is 25.0. The minimum absolute atomic E-state index is 0.00816. The number of rotatable bonds is 5. The third-order valence-corrected chi connectivity index (χ3v) is 6.33. The van der Waals surface area contributed by atoms with Crippen LogP contribution >= 0.6 is 11.3 Å². The molecule has 1 aromatic carbocycles. The number of carbonyl (C=O) groups excluding carboxylic acids is 1. The van der Waals surface area contributed by atoms with Crippen molar-refractivity contribution in [3.05, 3.63) is 66.9 Å². The monoisotopic (exact) mass is 409 g/mol. The van der Waals surface area contributed by atoms with Gasteiger partial charge in [0.2, 0.25) is 5.91 Å². The number of thiophene rings is 1. The van der Waals surface area contributed by atoms with Crippen LogP contribution in [0.5, 0.6) is 0 Å². The fraction of sp³-hybridized carbons (Fsp3) is 0.304. The quantitative estimate of drug-likeness (QED) is 0.484. The Balaban J connectivity index is 1.66. The van der Waals surface area contributed by atoms with Crippen LogP contribution in [-0.4, -0.2) is 12.5 Å². The van der Waals surface area contributed by atoms with Gasteiger partial charge in [-0.25, -0.2) is 4.79 Å². The van der Waals surface area contributed by atoms with Gasteiger partial charge in [0.25, 0.3) is 0 Å². The van der Waals surface area contributed by atoms with Crippen molar-refractivity contribution in [1.29, 1.82) is 0 Å². The highest BCUT2D eigenvalue weighted by molar-refractivity contribution is 7.07. The molecule has 0 aliphatic rings. The number of aryl methyl sites for hydroxylation is 4. The molecule has 3 aromatic heterocycles. The van der Waals surface area contributed by atoms with Gasteiger partial charge in [-0.3, -0.25) is 4.79 Å². The zero-order valence-electron chi connectivity index (χ0n) is 17.0. The third-order valence-electron chi connectivity index (χ3n) is 5.60. The van der Waals surface area contributed by atoms with Crippen LogP contribution in [0.2, 0.25) is 0 Å². The van der Waals surface area contributed by atoms with E-state index in [1.165, 1.54) is 5.56 Å². The average molecular weight is 410 g/mol. The van der Waals surface area contributed by atoms with Gasteiger partial charge in [0.15, 0.2) is 0 Å². The van der Waals surface area contributed by atoms with Crippen molar-refractivity contribution < 1.29 is 13.6 Å². The smallest absolute Gasteiger partial charge is 0.340 e. The Morgan fingerprint density at radius 2 is 1.76 bits per heavy atom. The highest BCUT2D eigenvalue weighted by Gasteiger charge is 2.20. The molecule has 3 heterocycles. The summed E-state index contributed by atoms with van der Waals surface area (Å²) in [6.07, 6.45) is 0.783. The molecular weight excluding hydrogens is 386 g/mol. The van der Waals surface area contributed by atoms with Gasteiger partial charge in [-0.2, -0.15) is 11.3 Å². The summed E-state index contributed by atoms with van der Waals surface area (Å²) in [6.45, 7) is 8.25. The number of carbonyl (C=O) groups is 1. The standard InChI is InChI=1S/C23H23NO4S/c1-12-15(4)27-21-14(3)22-18(9-17(12)21)13(2)19(23(26)28-22)10-20(25)24-7-5-16-6-8-29-11-16/h6,8-9,11H,5,7,10H2,1-4H3,(H,24,25). The van der Waals surface area contributed by atoms with E-state index in [9.17, 15) is 9.59 Å². The van der Waals surface area contributed by atoms with Gasteiger partial charge >= 0.3 is 5.63 Å². The Bertz CT molecular complexity index is 1280. The van der Waals surface area contributed by atoms with Gasteiger partial charge in [0.05, 0.1) is 12.0 Å². The molecule has 6 heteroatoms. The first-order valence-electron chi connectivity index (χ1n) is 9.60. The zero-order valence-corrected chi connectivity index (χ0v) is 17.8. The van der Waals surface area contributed by atoms with Crippen LogP contribution in [0.4, 0.5) is 0 Å². The SMILES string of the molecule is Cc1oc2c(C)c3oc(=O)c(CC(=O)NCCc4ccsc4)c(C)c3cc2c1C. The molecule has 4 aromatic rings. The van der Waals surface area contributed by atoms with Crippen LogP contribution in [-0.2, 0) is 17.6 Å². The molecule has 29 heavy (non-hydrogen) atoms. The summed E-state index contributed by atoms with van der Waals surface area (Å²) < 4.78 is 11.5. The van der Waals surface area contributed by atoms with Crippen LogP contribution in [0.25, 0.3) is 21.9 Å². The van der Waals surface area contributed by atoms with E-state index in [0.29, 0.717) is 17.7 Å². The Kier molecular flexibility index (Phi) is 5.04. The molecule has 4 rings (SSSR count). The number of hydrogen-bond donors (Lipinski definition) is 1. The summed E-state index contributed by atoms with van der Waals surface area (Å²) in [5, 5.41) is 8.84. The second-order valence-electron chi connectivity index (χ2n) is 7.44. The van der Waals surface area contributed by atoms with E-state index < -0.39 is 5.63 Å². The fourth-order valence-electron chi connectivity index (χ4n) is 3.70. The van der Waals surface area contributed by atoms with Crippen molar-refractivity contribution in [1.82, 2.24) is 5.32 Å². The van der Waals surface area contributed by atoms with Crippen LogP contribution in [0, 0.1) is 27.7 Å². The van der Waals surface area contributed by atoms with Gasteiger partial charge in [0.1, 0.15) is 16.9 Å². The van der Waals surface area contributed by atoms with E-state index in [4.69, 9.17) is 8.83 Å². The molecule has 0 saturated carbocycles. The molecule has 0 unspecified atom stereocenters. The molecule has 0 aliphatic heterocycles. The summed E-state index contributed by atoms with van der Waals surface area (Å²) in [5.41, 5.74) is 5.07. The van der Waals surface area contributed by atoms with Crippen molar-refractivity contribution in [2.24, 2.45) is 0 Å². The second kappa shape index (κ2) is 7.52. The Morgan fingerprint density at radius 3 is 2.48 bits per heavy atom. The maximum absolute atomic E-state index is 12.6. The first kappa shape index (κ1) is 19.5. The minimum Gasteiger partial charge on any atom is -0.461 e. The number of nitrogens with one attached hydrogen (secondary N) is 1. The molecule has 150 valence electrons. The Morgan fingerprint density at radius 1 is 1.03 bits per heavy atom. The molecule has 1 N–H and O–H groups in total. The number of amides is 1. The largest absolute Gasteiger partial charge is 0.461 e. The lowest BCUT2D eigenvalue weighted by atomic mass is 9.99. The van der Waals surface area contributed by atoms with Crippen molar-refractivity contribution in [3.8, 4) is 0 Å². The third kappa shape index (κ3) is 3.49. The van der Waals surface area contributed by atoms with Crippen LogP contribution in [0.1, 0.15) is 33.6 Å². The van der Waals surface area contributed by atoms with Gasteiger partial charge < -0.3 is 14.2 Å². The van der Waals surface area contributed by atoms with Gasteiger partial charge in [-0.05, 0) is 73.7 Å². The van der Waals surface area contributed by atoms with Gasteiger partial charge in [-0.1, -0.05) is 0 Å². The maximum Gasteiger partial charge on any atom is 0.340 e. The van der Waals surface area contributed by atoms with Crippen LogP contribution < -0.4 is 10.9 Å². The van der Waals surface area contributed by atoms with E-state index in [1.807, 2.05) is 45.2 Å². The molecule has 0 spiro atoms. The van der Waals surface area contributed by atoms with Crippen LogP contribution in [0.3, 0.4) is 0 Å². The summed E-state index contributed by atoms with van der Waals surface area (Å²) in [5.74, 6) is 0.673. The van der Waals surface area contributed by atoms with E-state index in [0.717, 1.165) is 45.2 Å². The van der Waals surface area contributed by atoms with Gasteiger partial charge in [-0.15, -0.1) is 0 Å². The molecule has 1 amide bonds. The van der Waals surface area contributed by atoms with E-state index in [2.05, 4.69) is 10.7 Å². The van der Waals surface area contributed by atoms with E-state index >= 15 is 0 Å². The number of fused-ring (bicyclic) bond motifs is 2. The van der Waals surface area contributed by atoms with Crippen molar-refractivity contribution >= 4 is 39.2 Å². The topological polar surface area (TPSA) is 72.5 Å². The van der Waals surface area contributed by atoms with Gasteiger partial charge in [0, 0.05) is 22.9 Å². The lowest BCUT2D eigenvalue weighted by molar-refractivity contribution is -0.120. The van der Waals surface area contributed by atoms with Crippen molar-refractivity contribution in [3.63, 3.8) is 0 Å². The average Bonchev–Trinajstić information content (AvgIpc) is 3.29. The van der Waals surface area contributed by atoms with E-state index in [1.54, 1.807) is 11.3 Å². The Labute approximate surface area is 172 Å². The van der Waals surface area contributed by atoms with E-state index in [-0.39, 0.29) is 12.3 Å². The fourth-order valence-corrected chi connectivity index (χ4v) is 4.40. The summed E-state index contributed by atoms with van der Waals surface area (Å²) in [7, 11) is 0. The molecule has 0 aliphatic carbocycles. The predicted molar refractivity (Wildman–Crippen MR) is 116 cm³/mol. The highest BCUT2D eigenvalue weighted by Crippen LogP contribution is 2.34. The first-order chi connectivity index (χ1) is 13.9. The summed E-state index contributed by atoms with van der Waals surface area (Å²) in [6, 6.07) is 4.04.